The van der Waals surface area contributed by atoms with Crippen LogP contribution in [-0.2, 0) is 4.79 Å². The van der Waals surface area contributed by atoms with Crippen LogP contribution >= 0.6 is 11.6 Å². The van der Waals surface area contributed by atoms with Crippen LogP contribution in [0.2, 0.25) is 5.28 Å². The number of hydrogen-bond acceptors (Lipinski definition) is 6. The Morgan fingerprint density at radius 2 is 2.11 bits per heavy atom. The second-order valence-electron chi connectivity index (χ2n) is 3.71. The van der Waals surface area contributed by atoms with Crippen molar-refractivity contribution in [1.82, 2.24) is 20.3 Å². The van der Waals surface area contributed by atoms with Gasteiger partial charge in [-0.3, -0.25) is 4.79 Å². The molecular weight excluding hydrogens is 270 g/mol. The van der Waals surface area contributed by atoms with Gasteiger partial charge in [0.1, 0.15) is 0 Å². The van der Waals surface area contributed by atoms with Crippen LogP contribution in [0.15, 0.2) is 0 Å². The Labute approximate surface area is 117 Å². The molecule has 0 atom stereocenters. The van der Waals surface area contributed by atoms with E-state index in [0.29, 0.717) is 19.1 Å². The molecule has 106 valence electrons. The number of rotatable bonds is 7. The number of nitrogens with zero attached hydrogens (tertiary/aromatic N) is 4. The summed E-state index contributed by atoms with van der Waals surface area (Å²) in [6.07, 6.45) is 0.851. The van der Waals surface area contributed by atoms with Crippen LogP contribution < -0.4 is 15.0 Å². The predicted molar refractivity (Wildman–Crippen MR) is 72.6 cm³/mol. The molecule has 0 spiro atoms. The fourth-order valence-electron chi connectivity index (χ4n) is 1.43. The summed E-state index contributed by atoms with van der Waals surface area (Å²) in [4.78, 5) is 25.2. The van der Waals surface area contributed by atoms with E-state index in [1.165, 1.54) is 0 Å². The SMILES string of the molecule is CCCN(CC(=O)NC)c1nc(Cl)nc(OCC)n1. The molecule has 0 radical (unpaired) electrons. The Morgan fingerprint density at radius 3 is 2.68 bits per heavy atom. The molecule has 1 rings (SSSR count). The van der Waals surface area contributed by atoms with Gasteiger partial charge in [0.05, 0.1) is 13.2 Å². The quantitative estimate of drug-likeness (QED) is 0.802. The molecule has 0 unspecified atom stereocenters. The van der Waals surface area contributed by atoms with E-state index < -0.39 is 0 Å². The summed E-state index contributed by atoms with van der Waals surface area (Å²) in [7, 11) is 1.58. The van der Waals surface area contributed by atoms with E-state index in [9.17, 15) is 4.79 Å². The van der Waals surface area contributed by atoms with E-state index in [2.05, 4.69) is 20.3 Å². The van der Waals surface area contributed by atoms with Gasteiger partial charge < -0.3 is 15.0 Å². The molecule has 0 aliphatic carbocycles. The summed E-state index contributed by atoms with van der Waals surface area (Å²) >= 11 is 5.83. The zero-order valence-corrected chi connectivity index (χ0v) is 12.1. The van der Waals surface area contributed by atoms with Gasteiger partial charge in [-0.2, -0.15) is 15.0 Å². The van der Waals surface area contributed by atoms with Gasteiger partial charge in [-0.1, -0.05) is 6.92 Å². The van der Waals surface area contributed by atoms with Crippen LogP contribution in [0, 0.1) is 0 Å². The standard InChI is InChI=1S/C11H18ClN5O2/c1-4-6-17(7-8(18)13-3)10-14-9(12)15-11(16-10)19-5-2/h4-7H2,1-3H3,(H,13,18). The average molecular weight is 288 g/mol. The molecule has 0 aromatic carbocycles. The summed E-state index contributed by atoms with van der Waals surface area (Å²) in [6, 6.07) is 0.163. The van der Waals surface area contributed by atoms with Gasteiger partial charge in [-0.05, 0) is 24.9 Å². The lowest BCUT2D eigenvalue weighted by atomic mass is 10.4. The first-order valence-corrected chi connectivity index (χ1v) is 6.48. The number of aromatic nitrogens is 3. The van der Waals surface area contributed by atoms with Crippen molar-refractivity contribution in [2.45, 2.75) is 20.3 Å². The van der Waals surface area contributed by atoms with Crippen molar-refractivity contribution in [2.75, 3.05) is 31.6 Å². The topological polar surface area (TPSA) is 80.2 Å². The molecule has 19 heavy (non-hydrogen) atoms. The van der Waals surface area contributed by atoms with E-state index >= 15 is 0 Å². The first-order valence-electron chi connectivity index (χ1n) is 6.10. The van der Waals surface area contributed by atoms with Crippen LogP contribution in [0.3, 0.4) is 0 Å². The van der Waals surface area contributed by atoms with Gasteiger partial charge in [0.2, 0.25) is 17.1 Å². The van der Waals surface area contributed by atoms with E-state index in [1.54, 1.807) is 11.9 Å². The summed E-state index contributed by atoms with van der Waals surface area (Å²) in [6.45, 7) is 5.06. The number of carbonyl (C=O) groups is 1. The Hall–Kier alpha value is -1.63. The number of likely N-dealkylation sites (N-methyl/N-ethyl adjacent to an activating group) is 1. The number of carbonyl (C=O) groups excluding carboxylic acids is 1. The normalized spacial score (nSPS) is 10.1. The third-order valence-electron chi connectivity index (χ3n) is 2.24. The molecule has 7 nitrogen and oxygen atoms in total. The van der Waals surface area contributed by atoms with Crippen molar-refractivity contribution in [3.05, 3.63) is 5.28 Å². The lowest BCUT2D eigenvalue weighted by Crippen LogP contribution is -2.37. The Kier molecular flexibility index (Phi) is 6.27. The molecular formula is C11H18ClN5O2. The minimum Gasteiger partial charge on any atom is -0.464 e. The Morgan fingerprint density at radius 1 is 1.37 bits per heavy atom. The highest BCUT2D eigenvalue weighted by Gasteiger charge is 2.15. The Bertz CT molecular complexity index is 430. The van der Waals surface area contributed by atoms with Gasteiger partial charge in [-0.25, -0.2) is 0 Å². The smallest absolute Gasteiger partial charge is 0.322 e. The number of nitrogens with one attached hydrogen (secondary N) is 1. The number of anilines is 1. The maximum absolute atomic E-state index is 11.5. The van der Waals surface area contributed by atoms with Gasteiger partial charge in [0.25, 0.3) is 0 Å². The molecule has 1 aromatic rings. The highest BCUT2D eigenvalue weighted by atomic mass is 35.5. The van der Waals surface area contributed by atoms with Crippen LogP contribution in [0.4, 0.5) is 5.95 Å². The summed E-state index contributed by atoms with van der Waals surface area (Å²) in [5.74, 6) is 0.219. The van der Waals surface area contributed by atoms with Crippen molar-refractivity contribution in [3.63, 3.8) is 0 Å². The lowest BCUT2D eigenvalue weighted by Gasteiger charge is -2.21. The second kappa shape index (κ2) is 7.73. The average Bonchev–Trinajstić information content (AvgIpc) is 2.37. The van der Waals surface area contributed by atoms with E-state index in [0.717, 1.165) is 6.42 Å². The van der Waals surface area contributed by atoms with Gasteiger partial charge in [0, 0.05) is 13.6 Å². The molecule has 1 N–H and O–H groups in total. The van der Waals surface area contributed by atoms with E-state index in [1.807, 2.05) is 13.8 Å². The fraction of sp³-hybridized carbons (Fsp3) is 0.636. The minimum absolute atomic E-state index is 0.0476. The third-order valence-corrected chi connectivity index (χ3v) is 2.41. The molecule has 1 amide bonds. The molecule has 0 aliphatic heterocycles. The molecule has 0 aliphatic rings. The zero-order valence-electron chi connectivity index (χ0n) is 11.3. The maximum Gasteiger partial charge on any atom is 0.322 e. The Balaban J connectivity index is 2.96. The first-order chi connectivity index (χ1) is 9.10. The fourth-order valence-corrected chi connectivity index (χ4v) is 1.58. The van der Waals surface area contributed by atoms with Crippen molar-refractivity contribution < 1.29 is 9.53 Å². The molecule has 0 saturated heterocycles. The molecule has 0 bridgehead atoms. The maximum atomic E-state index is 11.5. The molecule has 0 saturated carbocycles. The van der Waals surface area contributed by atoms with Crippen molar-refractivity contribution in [3.8, 4) is 6.01 Å². The monoisotopic (exact) mass is 287 g/mol. The molecule has 1 heterocycles. The highest BCUT2D eigenvalue weighted by molar-refractivity contribution is 6.28. The van der Waals surface area contributed by atoms with Gasteiger partial charge in [0.15, 0.2) is 0 Å². The van der Waals surface area contributed by atoms with Crippen LogP contribution in [-0.4, -0.2) is 47.6 Å². The van der Waals surface area contributed by atoms with Crippen molar-refractivity contribution in [2.24, 2.45) is 0 Å². The van der Waals surface area contributed by atoms with Crippen LogP contribution in [0.1, 0.15) is 20.3 Å². The summed E-state index contributed by atoms with van der Waals surface area (Å²) in [5, 5.41) is 2.61. The minimum atomic E-state index is -0.122. The molecule has 1 aromatic heterocycles. The van der Waals surface area contributed by atoms with Gasteiger partial charge in [-0.15, -0.1) is 0 Å². The van der Waals surface area contributed by atoms with Gasteiger partial charge >= 0.3 is 6.01 Å². The zero-order chi connectivity index (χ0) is 14.3. The van der Waals surface area contributed by atoms with Crippen molar-refractivity contribution >= 4 is 23.5 Å². The molecule has 0 fully saturated rings. The number of amides is 1. The number of hydrogen-bond donors (Lipinski definition) is 1. The lowest BCUT2D eigenvalue weighted by molar-refractivity contribution is -0.119. The molecule has 8 heteroatoms. The number of ether oxygens (including phenoxy) is 1. The van der Waals surface area contributed by atoms with Crippen LogP contribution in [0.25, 0.3) is 0 Å². The predicted octanol–water partition coefficient (Wildman–Crippen LogP) is 0.886. The largest absolute Gasteiger partial charge is 0.464 e. The van der Waals surface area contributed by atoms with Crippen molar-refractivity contribution in [1.29, 1.82) is 0 Å². The number of halogens is 1. The summed E-state index contributed by atoms with van der Waals surface area (Å²) < 4.78 is 5.21. The second-order valence-corrected chi connectivity index (χ2v) is 4.05. The van der Waals surface area contributed by atoms with E-state index in [4.69, 9.17) is 16.3 Å². The van der Waals surface area contributed by atoms with Crippen LogP contribution in [0.5, 0.6) is 6.01 Å². The highest BCUT2D eigenvalue weighted by Crippen LogP contribution is 2.15. The van der Waals surface area contributed by atoms with E-state index in [-0.39, 0.29) is 23.7 Å². The first kappa shape index (κ1) is 15.4. The third kappa shape index (κ3) is 4.86. The summed E-state index contributed by atoms with van der Waals surface area (Å²) in [5.41, 5.74) is 0.